The molecule has 3 saturated heterocycles. The lowest BCUT2D eigenvalue weighted by molar-refractivity contribution is -0.135. The van der Waals surface area contributed by atoms with Gasteiger partial charge < -0.3 is 19.3 Å². The smallest absolute Gasteiger partial charge is 0.410 e. The molecule has 1 aromatic carbocycles. The minimum atomic E-state index is -0.504. The first-order valence-electron chi connectivity index (χ1n) is 16.1. The van der Waals surface area contributed by atoms with Gasteiger partial charge in [0.2, 0.25) is 0 Å². The van der Waals surface area contributed by atoms with Gasteiger partial charge in [-0.1, -0.05) is 43.5 Å². The molecule has 3 aliphatic heterocycles. The van der Waals surface area contributed by atoms with Crippen LogP contribution >= 0.6 is 0 Å². The molecule has 230 valence electrons. The van der Waals surface area contributed by atoms with Crippen LogP contribution in [-0.4, -0.2) is 90.7 Å². The van der Waals surface area contributed by atoms with Crippen molar-refractivity contribution in [3.63, 3.8) is 0 Å². The lowest BCUT2D eigenvalue weighted by Crippen LogP contribution is -2.61. The number of amides is 2. The lowest BCUT2D eigenvalue weighted by Gasteiger charge is -2.52. The highest BCUT2D eigenvalue weighted by atomic mass is 16.6. The molecule has 8 heteroatoms. The van der Waals surface area contributed by atoms with Crippen LogP contribution in [0.3, 0.4) is 0 Å². The van der Waals surface area contributed by atoms with E-state index in [4.69, 9.17) is 9.47 Å². The fourth-order valence-corrected chi connectivity index (χ4v) is 7.87. The minimum absolute atomic E-state index is 0.138. The third-order valence-corrected chi connectivity index (χ3v) is 10.4. The summed E-state index contributed by atoms with van der Waals surface area (Å²) in [7, 11) is 1.39. The number of benzene rings is 1. The average molecular weight is 580 g/mol. The van der Waals surface area contributed by atoms with Crippen molar-refractivity contribution < 1.29 is 23.9 Å². The molecule has 1 spiro atoms. The van der Waals surface area contributed by atoms with Crippen molar-refractivity contribution in [3.8, 4) is 0 Å². The lowest BCUT2D eigenvalue weighted by atomic mass is 9.75. The van der Waals surface area contributed by atoms with E-state index < -0.39 is 5.60 Å². The molecule has 8 nitrogen and oxygen atoms in total. The van der Waals surface area contributed by atoms with E-state index in [-0.39, 0.29) is 23.9 Å². The quantitative estimate of drug-likeness (QED) is 0.313. The van der Waals surface area contributed by atoms with E-state index in [0.29, 0.717) is 24.9 Å². The van der Waals surface area contributed by atoms with Gasteiger partial charge in [-0.2, -0.15) is 0 Å². The first kappa shape index (κ1) is 30.6. The zero-order valence-corrected chi connectivity index (χ0v) is 25.8. The molecule has 0 aromatic heterocycles. The Morgan fingerprint density at radius 2 is 1.67 bits per heavy atom. The van der Waals surface area contributed by atoms with Crippen molar-refractivity contribution in [2.45, 2.75) is 89.7 Å². The molecule has 4 fully saturated rings. The number of likely N-dealkylation sites (tertiary alicyclic amines) is 2. The minimum Gasteiger partial charge on any atom is -0.466 e. The number of ether oxygens (including phenoxy) is 2. The van der Waals surface area contributed by atoms with Gasteiger partial charge in [0.15, 0.2) is 0 Å². The third kappa shape index (κ3) is 6.85. The number of aryl methyl sites for hydroxylation is 2. The van der Waals surface area contributed by atoms with Gasteiger partial charge in [-0.25, -0.2) is 9.59 Å². The van der Waals surface area contributed by atoms with Crippen molar-refractivity contribution in [3.05, 3.63) is 47.0 Å². The number of carbonyl (C=O) groups excluding carboxylic acids is 3. The Kier molecular flexibility index (Phi) is 9.92. The number of piperidine rings is 2. The van der Waals surface area contributed by atoms with E-state index in [1.54, 1.807) is 0 Å². The van der Waals surface area contributed by atoms with Crippen LogP contribution in [0.1, 0.15) is 85.7 Å². The second-order valence-corrected chi connectivity index (χ2v) is 13.0. The standard InChI is InChI=1S/C34H49N3O5/c1-25-9-7-10-26(2)31(25)32(39)36-19-15-29(16-20-36)35-21-17-34(18-22-35)28(13-8-14-30(38)41-3)24-37(33(40)42-34)23-27-11-5-4-6-12-27/h7-10,14,27-29H,4-6,11-13,15-24H2,1-3H3/b14-8+. The summed E-state index contributed by atoms with van der Waals surface area (Å²) in [5.74, 6) is 0.490. The van der Waals surface area contributed by atoms with Gasteiger partial charge >= 0.3 is 12.1 Å². The molecular formula is C34H49N3O5. The maximum absolute atomic E-state index is 13.3. The normalized spacial score (nSPS) is 24.3. The summed E-state index contributed by atoms with van der Waals surface area (Å²) in [6.07, 6.45) is 13.6. The van der Waals surface area contributed by atoms with Crippen LogP contribution in [0.4, 0.5) is 4.79 Å². The maximum atomic E-state index is 13.3. The maximum Gasteiger partial charge on any atom is 0.410 e. The molecule has 1 saturated carbocycles. The molecule has 1 atom stereocenters. The number of hydrogen-bond acceptors (Lipinski definition) is 6. The molecule has 5 rings (SSSR count). The predicted molar refractivity (Wildman–Crippen MR) is 162 cm³/mol. The molecule has 0 N–H and O–H groups in total. The number of rotatable bonds is 7. The van der Waals surface area contributed by atoms with Gasteiger partial charge in [0.1, 0.15) is 5.60 Å². The molecule has 4 aliphatic rings. The van der Waals surface area contributed by atoms with Crippen LogP contribution in [0, 0.1) is 25.7 Å². The number of esters is 1. The zero-order valence-electron chi connectivity index (χ0n) is 25.8. The monoisotopic (exact) mass is 579 g/mol. The van der Waals surface area contributed by atoms with Gasteiger partial charge in [-0.15, -0.1) is 0 Å². The van der Waals surface area contributed by atoms with Crippen LogP contribution in [0.2, 0.25) is 0 Å². The second-order valence-electron chi connectivity index (χ2n) is 13.0. The van der Waals surface area contributed by atoms with Crippen LogP contribution in [0.5, 0.6) is 0 Å². The summed E-state index contributed by atoms with van der Waals surface area (Å²) in [5, 5.41) is 0. The van der Waals surface area contributed by atoms with Crippen molar-refractivity contribution >= 4 is 18.0 Å². The van der Waals surface area contributed by atoms with Crippen molar-refractivity contribution in [1.29, 1.82) is 0 Å². The van der Waals surface area contributed by atoms with E-state index >= 15 is 0 Å². The first-order valence-corrected chi connectivity index (χ1v) is 16.1. The second kappa shape index (κ2) is 13.6. The fourth-order valence-electron chi connectivity index (χ4n) is 7.87. The number of methoxy groups -OCH3 is 1. The molecule has 42 heavy (non-hydrogen) atoms. The summed E-state index contributed by atoms with van der Waals surface area (Å²) >= 11 is 0. The van der Waals surface area contributed by atoms with Crippen LogP contribution in [-0.2, 0) is 14.3 Å². The molecule has 2 amide bonds. The van der Waals surface area contributed by atoms with Crippen molar-refractivity contribution in [1.82, 2.24) is 14.7 Å². The largest absolute Gasteiger partial charge is 0.466 e. The Morgan fingerprint density at radius 1 is 1.00 bits per heavy atom. The highest BCUT2D eigenvalue weighted by molar-refractivity contribution is 5.97. The third-order valence-electron chi connectivity index (χ3n) is 10.4. The number of carbonyl (C=O) groups is 3. The molecular weight excluding hydrogens is 530 g/mol. The number of hydrogen-bond donors (Lipinski definition) is 0. The van der Waals surface area contributed by atoms with Crippen LogP contribution < -0.4 is 0 Å². The topological polar surface area (TPSA) is 79.4 Å². The summed E-state index contributed by atoms with van der Waals surface area (Å²) in [6.45, 7) is 8.78. The zero-order chi connectivity index (χ0) is 29.7. The fraction of sp³-hybridized carbons (Fsp3) is 0.676. The van der Waals surface area contributed by atoms with Crippen molar-refractivity contribution in [2.24, 2.45) is 11.8 Å². The van der Waals surface area contributed by atoms with E-state index in [0.717, 1.165) is 75.1 Å². The Morgan fingerprint density at radius 3 is 2.31 bits per heavy atom. The van der Waals surface area contributed by atoms with E-state index in [1.165, 1.54) is 45.3 Å². The van der Waals surface area contributed by atoms with E-state index in [1.807, 2.05) is 47.9 Å². The van der Waals surface area contributed by atoms with Gasteiger partial charge in [-0.05, 0) is 63.0 Å². The number of allylic oxidation sites excluding steroid dienone is 1. The first-order chi connectivity index (χ1) is 20.3. The summed E-state index contributed by atoms with van der Waals surface area (Å²) < 4.78 is 11.2. The Balaban J connectivity index is 1.19. The Bertz CT molecular complexity index is 1120. The molecule has 1 unspecified atom stereocenters. The van der Waals surface area contributed by atoms with Gasteiger partial charge in [0.25, 0.3) is 5.91 Å². The molecule has 0 radical (unpaired) electrons. The van der Waals surface area contributed by atoms with Gasteiger partial charge in [0, 0.05) is 75.7 Å². The molecule has 0 bridgehead atoms. The predicted octanol–water partition coefficient (Wildman–Crippen LogP) is 5.51. The number of nitrogens with zero attached hydrogens (tertiary/aromatic N) is 3. The van der Waals surface area contributed by atoms with E-state index in [9.17, 15) is 14.4 Å². The van der Waals surface area contributed by atoms with Crippen LogP contribution in [0.25, 0.3) is 0 Å². The Labute approximate surface area is 251 Å². The van der Waals surface area contributed by atoms with E-state index in [2.05, 4.69) is 4.90 Å². The molecule has 1 aliphatic carbocycles. The highest BCUT2D eigenvalue weighted by Gasteiger charge is 2.50. The SMILES string of the molecule is COC(=O)/C=C/CC1CN(CC2CCCCC2)C(=O)OC12CCN(C1CCN(C(=O)c3c(C)cccc3C)CC1)CC2. The average Bonchev–Trinajstić information content (AvgIpc) is 3.00. The summed E-state index contributed by atoms with van der Waals surface area (Å²) in [6, 6.07) is 6.48. The Hall–Kier alpha value is -2.87. The van der Waals surface area contributed by atoms with Gasteiger partial charge in [0.05, 0.1) is 7.11 Å². The van der Waals surface area contributed by atoms with Crippen molar-refractivity contribution in [2.75, 3.05) is 46.4 Å². The van der Waals surface area contributed by atoms with Crippen LogP contribution in [0.15, 0.2) is 30.4 Å². The summed E-state index contributed by atoms with van der Waals surface area (Å²) in [5.41, 5.74) is 2.42. The highest BCUT2D eigenvalue weighted by Crippen LogP contribution is 2.42. The van der Waals surface area contributed by atoms with Gasteiger partial charge in [-0.3, -0.25) is 9.69 Å². The molecule has 1 aromatic rings. The molecule has 3 heterocycles. The summed E-state index contributed by atoms with van der Waals surface area (Å²) in [4.78, 5) is 44.9.